The third kappa shape index (κ3) is 18.6. The topological polar surface area (TPSA) is 0 Å². The number of rotatable bonds is 0. The fourth-order valence-corrected chi connectivity index (χ4v) is 0. The molecule has 0 aromatic rings. The van der Waals surface area contributed by atoms with E-state index >= 15 is 0 Å². The standard InChI is InChI=1S/4HI.Mn/h4*1H;/q;;;;+4/p-4. The van der Waals surface area contributed by atoms with E-state index in [1.807, 2.05) is 0 Å². The summed E-state index contributed by atoms with van der Waals surface area (Å²) in [6, 6.07) is 0. The van der Waals surface area contributed by atoms with Gasteiger partial charge in [0, 0.05) is 0 Å². The maximum absolute atomic E-state index is 2.48. The van der Waals surface area contributed by atoms with E-state index < -0.39 is -0.154 Å². The van der Waals surface area contributed by atoms with Gasteiger partial charge in [-0.2, -0.15) is 0 Å². The summed E-state index contributed by atoms with van der Waals surface area (Å²) in [6.07, 6.45) is 0. The Balaban J connectivity index is 3.02. The van der Waals surface area contributed by atoms with Gasteiger partial charge in [-0.25, -0.2) is 0 Å². The van der Waals surface area contributed by atoms with Gasteiger partial charge in [0.15, 0.2) is 0 Å². The molecule has 0 radical (unpaired) electrons. The minimum atomic E-state index is -0.745. The summed E-state index contributed by atoms with van der Waals surface area (Å²) in [7, 11) is 0. The van der Waals surface area contributed by atoms with Crippen molar-refractivity contribution in [2.75, 3.05) is 0 Å². The molecule has 0 aliphatic carbocycles. The molecule has 0 saturated heterocycles. The molecule has 0 saturated carbocycles. The molecule has 0 aliphatic rings. The van der Waals surface area contributed by atoms with Gasteiger partial charge in [-0.05, 0) is 0 Å². The molecule has 5 heavy (non-hydrogen) atoms. The van der Waals surface area contributed by atoms with Crippen LogP contribution in [0.1, 0.15) is 0 Å². The molecule has 0 fully saturated rings. The Labute approximate surface area is 78.8 Å². The maximum atomic E-state index is 2.48. The van der Waals surface area contributed by atoms with E-state index in [-0.39, 0.29) is 0 Å². The van der Waals surface area contributed by atoms with E-state index in [1.165, 1.54) is 0 Å². The minimum absolute atomic E-state index is 0.745. The third-order valence-electron chi connectivity index (χ3n) is 0. The first-order valence-electron chi connectivity index (χ1n) is 0.571. The van der Waals surface area contributed by atoms with Crippen LogP contribution in [-0.2, 0) is -0.154 Å². The summed E-state index contributed by atoms with van der Waals surface area (Å²) in [5.41, 5.74) is 0. The molecule has 0 nitrogen and oxygen atoms in total. The van der Waals surface area contributed by atoms with Crippen LogP contribution in [0.25, 0.3) is 0 Å². The van der Waals surface area contributed by atoms with Crippen LogP contribution in [0.3, 0.4) is 0 Å². The monoisotopic (exact) mass is 563 g/mol. The van der Waals surface area contributed by atoms with E-state index in [2.05, 4.69) is 81.4 Å². The SMILES string of the molecule is [I][Mn]([I])([I])[I]. The number of halogens is 4. The van der Waals surface area contributed by atoms with Gasteiger partial charge < -0.3 is 0 Å². The molecule has 0 amide bonds. The van der Waals surface area contributed by atoms with Gasteiger partial charge in [0.2, 0.25) is 0 Å². The first-order chi connectivity index (χ1) is 2.00. The Hall–Kier alpha value is 3.44. The van der Waals surface area contributed by atoms with Crippen LogP contribution < -0.4 is 0 Å². The molecule has 0 unspecified atom stereocenters. The molecule has 0 aromatic heterocycles. The Kier molecular flexibility index (Phi) is 5.84. The molecule has 0 aliphatic heterocycles. The van der Waals surface area contributed by atoms with E-state index in [4.69, 9.17) is 0 Å². The van der Waals surface area contributed by atoms with Gasteiger partial charge in [-0.15, -0.1) is 0 Å². The van der Waals surface area contributed by atoms with Gasteiger partial charge in [0.05, 0.1) is 0 Å². The zero-order chi connectivity index (χ0) is 4.50. The average Bonchev–Trinajstić information content (AvgIpc) is 0.722. The van der Waals surface area contributed by atoms with Crippen LogP contribution in [0, 0.1) is 0 Å². The van der Waals surface area contributed by atoms with Crippen LogP contribution in [0.5, 0.6) is 0 Å². The molecule has 0 atom stereocenters. The quantitative estimate of drug-likeness (QED) is 0.313. The second-order valence-electron chi connectivity index (χ2n) is 0.324. The third-order valence-corrected chi connectivity index (χ3v) is 0. The Morgan fingerprint density at radius 3 is 0.800 bits per heavy atom. The van der Waals surface area contributed by atoms with Crippen molar-refractivity contribution >= 4 is 81.4 Å². The summed E-state index contributed by atoms with van der Waals surface area (Å²) in [4.78, 5) is 0. The van der Waals surface area contributed by atoms with Crippen LogP contribution in [0.4, 0.5) is 0 Å². The Morgan fingerprint density at radius 1 is 0.800 bits per heavy atom. The van der Waals surface area contributed by atoms with Crippen molar-refractivity contribution in [2.24, 2.45) is 0 Å². The van der Waals surface area contributed by atoms with Crippen LogP contribution >= 0.6 is 81.4 Å². The summed E-state index contributed by atoms with van der Waals surface area (Å²) in [5, 5.41) is 0. The first-order valence-corrected chi connectivity index (χ1v) is 15.8. The van der Waals surface area contributed by atoms with Gasteiger partial charge in [0.1, 0.15) is 0 Å². The number of hydrogen-bond donors (Lipinski definition) is 0. The van der Waals surface area contributed by atoms with Crippen molar-refractivity contribution in [3.8, 4) is 0 Å². The van der Waals surface area contributed by atoms with Crippen molar-refractivity contribution in [3.05, 3.63) is 0 Å². The summed E-state index contributed by atoms with van der Waals surface area (Å²) >= 11 is 9.91. The molecular formula is I4Mn. The van der Waals surface area contributed by atoms with Gasteiger partial charge in [-0.1, -0.05) is 0 Å². The van der Waals surface area contributed by atoms with Gasteiger partial charge >= 0.3 is 81.2 Å². The van der Waals surface area contributed by atoms with E-state index in [9.17, 15) is 0 Å². The molecule has 0 spiro atoms. The predicted molar refractivity (Wildman–Crippen MR) is 56.1 cm³/mol. The normalized spacial score (nSPS) is 15.2. The zero-order valence-corrected chi connectivity index (χ0v) is 11.7. The van der Waals surface area contributed by atoms with E-state index in [0.717, 1.165) is 0 Å². The van der Waals surface area contributed by atoms with Gasteiger partial charge in [0.25, 0.3) is 0 Å². The van der Waals surface area contributed by atoms with Crippen LogP contribution in [0.2, 0.25) is 0 Å². The number of hydrogen-bond acceptors (Lipinski definition) is 0. The molecule has 0 aromatic carbocycles. The molecule has 0 N–H and O–H groups in total. The second kappa shape index (κ2) is 3.46. The van der Waals surface area contributed by atoms with Crippen LogP contribution in [0.15, 0.2) is 0 Å². The summed E-state index contributed by atoms with van der Waals surface area (Å²) in [5.74, 6) is 0. The summed E-state index contributed by atoms with van der Waals surface area (Å²) < 4.78 is -0.745. The van der Waals surface area contributed by atoms with Crippen molar-refractivity contribution in [1.82, 2.24) is 0 Å². The molecule has 35 valence electrons. The second-order valence-corrected chi connectivity index (χ2v) is 60.1. The van der Waals surface area contributed by atoms with E-state index in [1.54, 1.807) is 0 Å². The molecule has 5 heteroatoms. The van der Waals surface area contributed by atoms with Gasteiger partial charge in [-0.3, -0.25) is 0 Å². The first kappa shape index (κ1) is 8.44. The zero-order valence-electron chi connectivity index (χ0n) is 1.89. The predicted octanol–water partition coefficient (Wildman–Crippen LogP) is 3.54. The molecule has 0 bridgehead atoms. The Bertz CT molecular complexity index is 19.1. The van der Waals surface area contributed by atoms with Crippen LogP contribution in [-0.4, -0.2) is 0 Å². The van der Waals surface area contributed by atoms with Crippen molar-refractivity contribution in [2.45, 2.75) is 0 Å². The average molecular weight is 563 g/mol. The molecule has 0 heterocycles. The summed E-state index contributed by atoms with van der Waals surface area (Å²) in [6.45, 7) is 0. The van der Waals surface area contributed by atoms with Crippen molar-refractivity contribution in [1.29, 1.82) is 0 Å². The fourth-order valence-electron chi connectivity index (χ4n) is 0. The molecular weight excluding hydrogens is 563 g/mol. The van der Waals surface area contributed by atoms with Crippen molar-refractivity contribution < 1.29 is -0.154 Å². The molecule has 0 rings (SSSR count). The van der Waals surface area contributed by atoms with Crippen molar-refractivity contribution in [3.63, 3.8) is 0 Å². The fraction of sp³-hybridized carbons (Fsp3) is 0. The Morgan fingerprint density at radius 2 is 0.800 bits per heavy atom. The van der Waals surface area contributed by atoms with E-state index in [0.29, 0.717) is 0 Å².